The zero-order valence-corrected chi connectivity index (χ0v) is 15.6. The van der Waals surface area contributed by atoms with Crippen molar-refractivity contribution in [3.8, 4) is 11.5 Å². The maximum absolute atomic E-state index is 12.3. The number of ether oxygens (including phenoxy) is 3. The van der Waals surface area contributed by atoms with Crippen molar-refractivity contribution in [2.24, 2.45) is 0 Å². The summed E-state index contributed by atoms with van der Waals surface area (Å²) in [6.45, 7) is 4.77. The average Bonchev–Trinajstić information content (AvgIpc) is 3.15. The van der Waals surface area contributed by atoms with Crippen LogP contribution < -0.4 is 14.8 Å². The number of benzene rings is 1. The van der Waals surface area contributed by atoms with Crippen molar-refractivity contribution < 1.29 is 19.0 Å². The number of amides is 1. The number of nitrogens with zero attached hydrogens (tertiary/aromatic N) is 5. The SMILES string of the molecule is O=C(Cn1nnnc1CN1CCOCC1)NCC[C@@H]1COc2ccccc2O1. The molecule has 1 amide bonds. The van der Waals surface area contributed by atoms with Gasteiger partial charge in [-0.05, 0) is 22.6 Å². The fourth-order valence-electron chi connectivity index (χ4n) is 3.19. The van der Waals surface area contributed by atoms with Crippen molar-refractivity contribution in [2.45, 2.75) is 25.6 Å². The highest BCUT2D eigenvalue weighted by Gasteiger charge is 2.21. The smallest absolute Gasteiger partial charge is 0.241 e. The third-order valence-electron chi connectivity index (χ3n) is 4.72. The zero-order valence-electron chi connectivity index (χ0n) is 15.6. The monoisotopic (exact) mass is 388 g/mol. The molecule has 0 spiro atoms. The third kappa shape index (κ3) is 4.76. The molecule has 1 fully saturated rings. The zero-order chi connectivity index (χ0) is 19.2. The van der Waals surface area contributed by atoms with Gasteiger partial charge in [0.15, 0.2) is 17.3 Å². The molecule has 2 aliphatic heterocycles. The minimum atomic E-state index is -0.132. The van der Waals surface area contributed by atoms with E-state index in [9.17, 15) is 4.79 Å². The minimum absolute atomic E-state index is 0.0832. The fraction of sp³-hybridized carbons (Fsp3) is 0.556. The van der Waals surface area contributed by atoms with Crippen LogP contribution in [0.5, 0.6) is 11.5 Å². The molecular weight excluding hydrogens is 364 g/mol. The van der Waals surface area contributed by atoms with Gasteiger partial charge in [-0.3, -0.25) is 9.69 Å². The number of morpholine rings is 1. The van der Waals surface area contributed by atoms with E-state index in [4.69, 9.17) is 14.2 Å². The van der Waals surface area contributed by atoms with Crippen LogP contribution in [0.1, 0.15) is 12.2 Å². The maximum atomic E-state index is 12.3. The summed E-state index contributed by atoms with van der Waals surface area (Å²) in [5.74, 6) is 2.05. The topological polar surface area (TPSA) is 104 Å². The standard InChI is InChI=1S/C18H24N6O4/c25-18(12-24-17(20-21-22-24)11-23-7-9-26-10-8-23)19-6-5-14-13-27-15-3-1-2-4-16(15)28-14/h1-4,14H,5-13H2,(H,19,25)/t14-/m1/s1. The summed E-state index contributed by atoms with van der Waals surface area (Å²) in [7, 11) is 0. The summed E-state index contributed by atoms with van der Waals surface area (Å²) in [5, 5.41) is 14.6. The molecule has 3 heterocycles. The average molecular weight is 388 g/mol. The molecule has 4 rings (SSSR count). The minimum Gasteiger partial charge on any atom is -0.486 e. The Balaban J connectivity index is 1.21. The van der Waals surface area contributed by atoms with Gasteiger partial charge in [-0.25, -0.2) is 4.68 Å². The largest absolute Gasteiger partial charge is 0.486 e. The van der Waals surface area contributed by atoms with Gasteiger partial charge in [-0.15, -0.1) is 5.10 Å². The van der Waals surface area contributed by atoms with Gasteiger partial charge in [0.25, 0.3) is 0 Å². The Labute approximate surface area is 162 Å². The Morgan fingerprint density at radius 2 is 2.04 bits per heavy atom. The van der Waals surface area contributed by atoms with Gasteiger partial charge in [0, 0.05) is 26.1 Å². The molecular formula is C18H24N6O4. The molecule has 0 saturated carbocycles. The molecule has 10 nitrogen and oxygen atoms in total. The van der Waals surface area contributed by atoms with E-state index < -0.39 is 0 Å². The van der Waals surface area contributed by atoms with Crippen molar-refractivity contribution >= 4 is 5.91 Å². The van der Waals surface area contributed by atoms with Crippen LogP contribution in [0.4, 0.5) is 0 Å². The summed E-state index contributed by atoms with van der Waals surface area (Å²) in [6.07, 6.45) is 0.580. The molecule has 2 aromatic rings. The van der Waals surface area contributed by atoms with E-state index in [2.05, 4.69) is 25.7 Å². The lowest BCUT2D eigenvalue weighted by molar-refractivity contribution is -0.122. The van der Waals surface area contributed by atoms with Crippen molar-refractivity contribution in [2.75, 3.05) is 39.5 Å². The molecule has 28 heavy (non-hydrogen) atoms. The Bertz CT molecular complexity index is 792. The Kier molecular flexibility index (Phi) is 5.98. The number of rotatable bonds is 7. The van der Waals surface area contributed by atoms with E-state index in [1.54, 1.807) is 4.68 Å². The Hall–Kier alpha value is -2.72. The molecule has 0 radical (unpaired) electrons. The van der Waals surface area contributed by atoms with Gasteiger partial charge in [0.05, 0.1) is 19.8 Å². The number of carbonyl (C=O) groups is 1. The summed E-state index contributed by atoms with van der Waals surface area (Å²) in [6, 6.07) is 7.59. The van der Waals surface area contributed by atoms with Crippen LogP contribution in [-0.2, 0) is 22.6 Å². The van der Waals surface area contributed by atoms with Gasteiger partial charge in [0.1, 0.15) is 19.3 Å². The van der Waals surface area contributed by atoms with Crippen LogP contribution in [0.25, 0.3) is 0 Å². The van der Waals surface area contributed by atoms with E-state index in [-0.39, 0.29) is 18.6 Å². The number of nitrogens with one attached hydrogen (secondary N) is 1. The molecule has 1 N–H and O–H groups in total. The first-order chi connectivity index (χ1) is 13.8. The third-order valence-corrected chi connectivity index (χ3v) is 4.72. The highest BCUT2D eigenvalue weighted by molar-refractivity contribution is 5.75. The first kappa shape index (κ1) is 18.6. The van der Waals surface area contributed by atoms with E-state index >= 15 is 0 Å². The summed E-state index contributed by atoms with van der Waals surface area (Å²) < 4.78 is 18.5. The number of aromatic nitrogens is 4. The van der Waals surface area contributed by atoms with E-state index in [0.717, 1.165) is 24.6 Å². The van der Waals surface area contributed by atoms with E-state index in [0.29, 0.717) is 45.2 Å². The second kappa shape index (κ2) is 8.98. The van der Waals surface area contributed by atoms with Gasteiger partial charge in [-0.2, -0.15) is 0 Å². The second-order valence-electron chi connectivity index (χ2n) is 6.78. The molecule has 1 saturated heterocycles. The fourth-order valence-corrected chi connectivity index (χ4v) is 3.19. The predicted octanol–water partition coefficient (Wildman–Crippen LogP) is -0.148. The van der Waals surface area contributed by atoms with Crippen LogP contribution in [0.15, 0.2) is 24.3 Å². The molecule has 10 heteroatoms. The number of tetrazole rings is 1. The van der Waals surface area contributed by atoms with Gasteiger partial charge in [-0.1, -0.05) is 12.1 Å². The van der Waals surface area contributed by atoms with Gasteiger partial charge in [0.2, 0.25) is 5.91 Å². The molecule has 1 aromatic heterocycles. The van der Waals surface area contributed by atoms with Crippen LogP contribution >= 0.6 is 0 Å². The summed E-state index contributed by atoms with van der Waals surface area (Å²) in [4.78, 5) is 14.5. The molecule has 1 atom stereocenters. The van der Waals surface area contributed by atoms with Gasteiger partial charge >= 0.3 is 0 Å². The lowest BCUT2D eigenvalue weighted by Gasteiger charge is -2.26. The first-order valence-corrected chi connectivity index (χ1v) is 9.48. The lowest BCUT2D eigenvalue weighted by atomic mass is 10.2. The second-order valence-corrected chi connectivity index (χ2v) is 6.78. The summed E-state index contributed by atoms with van der Waals surface area (Å²) in [5.41, 5.74) is 0. The number of carbonyl (C=O) groups excluding carboxylic acids is 1. The van der Waals surface area contributed by atoms with Crippen LogP contribution in [-0.4, -0.2) is 76.6 Å². The Morgan fingerprint density at radius 3 is 2.89 bits per heavy atom. The lowest BCUT2D eigenvalue weighted by Crippen LogP contribution is -2.37. The molecule has 1 aromatic carbocycles. The van der Waals surface area contributed by atoms with Crippen LogP contribution in [0.2, 0.25) is 0 Å². The maximum Gasteiger partial charge on any atom is 0.241 e. The number of hydrogen-bond donors (Lipinski definition) is 1. The van der Waals surface area contributed by atoms with Crippen molar-refractivity contribution in [1.82, 2.24) is 30.4 Å². The number of hydrogen-bond acceptors (Lipinski definition) is 8. The molecule has 0 bridgehead atoms. The van der Waals surface area contributed by atoms with E-state index in [1.807, 2.05) is 24.3 Å². The van der Waals surface area contributed by atoms with Gasteiger partial charge < -0.3 is 19.5 Å². The van der Waals surface area contributed by atoms with Crippen molar-refractivity contribution in [3.05, 3.63) is 30.1 Å². The molecule has 2 aliphatic rings. The molecule has 150 valence electrons. The summed E-state index contributed by atoms with van der Waals surface area (Å²) >= 11 is 0. The quantitative estimate of drug-likeness (QED) is 0.699. The van der Waals surface area contributed by atoms with E-state index in [1.165, 1.54) is 0 Å². The molecule has 0 unspecified atom stereocenters. The number of para-hydroxylation sites is 2. The highest BCUT2D eigenvalue weighted by atomic mass is 16.6. The first-order valence-electron chi connectivity index (χ1n) is 9.48. The van der Waals surface area contributed by atoms with Crippen LogP contribution in [0, 0.1) is 0 Å². The Morgan fingerprint density at radius 1 is 1.21 bits per heavy atom. The molecule has 0 aliphatic carbocycles. The van der Waals surface area contributed by atoms with Crippen LogP contribution in [0.3, 0.4) is 0 Å². The highest BCUT2D eigenvalue weighted by Crippen LogP contribution is 2.31. The normalized spacial score (nSPS) is 19.4. The predicted molar refractivity (Wildman–Crippen MR) is 97.9 cm³/mol. The number of fused-ring (bicyclic) bond motifs is 1. The van der Waals surface area contributed by atoms with Crippen molar-refractivity contribution in [3.63, 3.8) is 0 Å². The van der Waals surface area contributed by atoms with Crippen molar-refractivity contribution in [1.29, 1.82) is 0 Å².